The van der Waals surface area contributed by atoms with Crippen molar-refractivity contribution < 1.29 is 9.59 Å². The molecule has 32 heavy (non-hydrogen) atoms. The van der Waals surface area contributed by atoms with Crippen LogP contribution in [0.4, 0.5) is 0 Å². The van der Waals surface area contributed by atoms with Gasteiger partial charge in [-0.1, -0.05) is 25.3 Å². The lowest BCUT2D eigenvalue weighted by Crippen LogP contribution is -2.50. The van der Waals surface area contributed by atoms with E-state index in [9.17, 15) is 9.59 Å². The van der Waals surface area contributed by atoms with Gasteiger partial charge < -0.3 is 14.4 Å². The fraction of sp³-hybridized carbons (Fsp3) is 0.500. The fourth-order valence-corrected chi connectivity index (χ4v) is 5.08. The molecule has 0 N–H and O–H groups in total. The average Bonchev–Trinajstić information content (AvgIpc) is 3.11. The van der Waals surface area contributed by atoms with Crippen molar-refractivity contribution in [2.45, 2.75) is 58.4 Å². The van der Waals surface area contributed by atoms with Crippen LogP contribution in [0.1, 0.15) is 60.8 Å². The third kappa shape index (κ3) is 5.12. The maximum atomic E-state index is 12.8. The second kappa shape index (κ2) is 10.2. The molecule has 0 atom stereocenters. The van der Waals surface area contributed by atoms with Gasteiger partial charge in [-0.25, -0.2) is 0 Å². The molecule has 2 amide bonds. The van der Waals surface area contributed by atoms with Crippen LogP contribution in [-0.4, -0.2) is 57.3 Å². The predicted molar refractivity (Wildman–Crippen MR) is 126 cm³/mol. The molecule has 3 heterocycles. The van der Waals surface area contributed by atoms with E-state index in [0.29, 0.717) is 38.6 Å². The molecule has 2 aromatic rings. The molecule has 4 rings (SSSR count). The van der Waals surface area contributed by atoms with Gasteiger partial charge in [0.2, 0.25) is 11.8 Å². The lowest BCUT2D eigenvalue weighted by Gasteiger charge is -2.34. The van der Waals surface area contributed by atoms with Crippen LogP contribution in [0.2, 0.25) is 0 Å². The van der Waals surface area contributed by atoms with Crippen LogP contribution in [0.25, 0.3) is 6.08 Å². The molecular weight excluding hydrogens is 400 g/mol. The SMILES string of the molecule is Cc1cc(C=CC(=O)N2CCN(C(=O)Cc3ccccn3)CC2)c(C)n1C1CCCCC1. The monoisotopic (exact) mass is 434 g/mol. The highest BCUT2D eigenvalue weighted by Gasteiger charge is 2.24. The Labute approximate surface area is 190 Å². The summed E-state index contributed by atoms with van der Waals surface area (Å²) in [4.78, 5) is 33.2. The first kappa shape index (κ1) is 22.3. The minimum atomic E-state index is 0.0179. The van der Waals surface area contributed by atoms with Gasteiger partial charge in [-0.15, -0.1) is 0 Å². The van der Waals surface area contributed by atoms with Crippen LogP contribution in [0.3, 0.4) is 0 Å². The van der Waals surface area contributed by atoms with Gasteiger partial charge in [-0.3, -0.25) is 14.6 Å². The first-order valence-electron chi connectivity index (χ1n) is 11.9. The van der Waals surface area contributed by atoms with Crippen LogP contribution < -0.4 is 0 Å². The van der Waals surface area contributed by atoms with Gasteiger partial charge in [-0.2, -0.15) is 0 Å². The van der Waals surface area contributed by atoms with Crippen molar-refractivity contribution in [3.8, 4) is 0 Å². The van der Waals surface area contributed by atoms with Crippen LogP contribution in [0.5, 0.6) is 0 Å². The van der Waals surface area contributed by atoms with E-state index in [1.54, 1.807) is 12.3 Å². The second-order valence-electron chi connectivity index (χ2n) is 9.03. The maximum Gasteiger partial charge on any atom is 0.246 e. The highest BCUT2D eigenvalue weighted by molar-refractivity contribution is 5.92. The van der Waals surface area contributed by atoms with E-state index in [2.05, 4.69) is 29.5 Å². The maximum absolute atomic E-state index is 12.8. The zero-order valence-electron chi connectivity index (χ0n) is 19.3. The summed E-state index contributed by atoms with van der Waals surface area (Å²) in [6.45, 7) is 6.61. The fourth-order valence-electron chi connectivity index (χ4n) is 5.08. The third-order valence-corrected chi connectivity index (χ3v) is 6.87. The molecule has 1 aliphatic carbocycles. The molecule has 0 aromatic carbocycles. The number of aromatic nitrogens is 2. The summed E-state index contributed by atoms with van der Waals surface area (Å²) in [5.41, 5.74) is 4.44. The molecule has 0 radical (unpaired) electrons. The van der Waals surface area contributed by atoms with E-state index >= 15 is 0 Å². The summed E-state index contributed by atoms with van der Waals surface area (Å²) in [5, 5.41) is 0. The second-order valence-corrected chi connectivity index (χ2v) is 9.03. The number of piperazine rings is 1. The molecule has 2 aromatic heterocycles. The Morgan fingerprint density at radius 1 is 1.03 bits per heavy atom. The largest absolute Gasteiger partial charge is 0.346 e. The van der Waals surface area contributed by atoms with Gasteiger partial charge in [0.05, 0.1) is 6.42 Å². The van der Waals surface area contributed by atoms with Gasteiger partial charge in [0.1, 0.15) is 0 Å². The van der Waals surface area contributed by atoms with Crippen molar-refractivity contribution in [3.05, 3.63) is 59.2 Å². The number of carbonyl (C=O) groups is 2. The normalized spacial score (nSPS) is 17.8. The number of hydrogen-bond donors (Lipinski definition) is 0. The molecule has 0 bridgehead atoms. The minimum Gasteiger partial charge on any atom is -0.346 e. The quantitative estimate of drug-likeness (QED) is 0.670. The molecule has 1 aliphatic heterocycles. The standard InChI is InChI=1S/C26H34N4O2/c1-20-18-22(21(2)30(20)24-9-4-3-5-10-24)11-12-25(31)28-14-16-29(17-15-28)26(32)19-23-8-6-7-13-27-23/h6-8,11-13,18,24H,3-5,9-10,14-17,19H2,1-2H3. The van der Waals surface area contributed by atoms with Crippen molar-refractivity contribution >= 4 is 17.9 Å². The number of pyridine rings is 1. The molecule has 6 nitrogen and oxygen atoms in total. The van der Waals surface area contributed by atoms with E-state index in [4.69, 9.17) is 0 Å². The summed E-state index contributed by atoms with van der Waals surface area (Å²) in [7, 11) is 0. The molecule has 0 spiro atoms. The Hall–Kier alpha value is -2.89. The van der Waals surface area contributed by atoms with Crippen molar-refractivity contribution in [3.63, 3.8) is 0 Å². The molecule has 1 saturated carbocycles. The molecular formula is C26H34N4O2. The van der Waals surface area contributed by atoms with Gasteiger partial charge in [-0.05, 0) is 56.5 Å². The smallest absolute Gasteiger partial charge is 0.246 e. The lowest BCUT2D eigenvalue weighted by atomic mass is 9.95. The van der Waals surface area contributed by atoms with Crippen molar-refractivity contribution in [2.24, 2.45) is 0 Å². The van der Waals surface area contributed by atoms with Gasteiger partial charge in [0.25, 0.3) is 0 Å². The molecule has 1 saturated heterocycles. The highest BCUT2D eigenvalue weighted by atomic mass is 16.2. The predicted octanol–water partition coefficient (Wildman–Crippen LogP) is 3.93. The number of hydrogen-bond acceptors (Lipinski definition) is 3. The van der Waals surface area contributed by atoms with Crippen LogP contribution in [-0.2, 0) is 16.0 Å². The molecule has 2 fully saturated rings. The Kier molecular flexibility index (Phi) is 7.08. The number of aryl methyl sites for hydroxylation is 1. The number of nitrogens with zero attached hydrogens (tertiary/aromatic N) is 4. The zero-order valence-corrected chi connectivity index (χ0v) is 19.3. The minimum absolute atomic E-state index is 0.0179. The molecule has 6 heteroatoms. The van der Waals surface area contributed by atoms with Crippen molar-refractivity contribution in [2.75, 3.05) is 26.2 Å². The number of carbonyl (C=O) groups excluding carboxylic acids is 2. The van der Waals surface area contributed by atoms with Crippen LogP contribution in [0.15, 0.2) is 36.5 Å². The number of rotatable bonds is 5. The van der Waals surface area contributed by atoms with Crippen molar-refractivity contribution in [1.29, 1.82) is 0 Å². The lowest BCUT2D eigenvalue weighted by molar-refractivity contribution is -0.136. The number of amides is 2. The van der Waals surface area contributed by atoms with Crippen molar-refractivity contribution in [1.82, 2.24) is 19.4 Å². The Morgan fingerprint density at radius 2 is 1.75 bits per heavy atom. The Bertz CT molecular complexity index is 965. The van der Waals surface area contributed by atoms with E-state index in [0.717, 1.165) is 11.3 Å². The molecule has 0 unspecified atom stereocenters. The van der Waals surface area contributed by atoms with Gasteiger partial charge in [0.15, 0.2) is 0 Å². The van der Waals surface area contributed by atoms with Gasteiger partial charge >= 0.3 is 0 Å². The summed E-state index contributed by atoms with van der Waals surface area (Å²) in [5.74, 6) is 0.0887. The summed E-state index contributed by atoms with van der Waals surface area (Å²) >= 11 is 0. The Morgan fingerprint density at radius 3 is 2.44 bits per heavy atom. The molecule has 170 valence electrons. The summed E-state index contributed by atoms with van der Waals surface area (Å²) < 4.78 is 2.47. The Balaban J connectivity index is 1.32. The topological polar surface area (TPSA) is 58.4 Å². The first-order valence-corrected chi connectivity index (χ1v) is 11.9. The van der Waals surface area contributed by atoms with E-state index < -0.39 is 0 Å². The van der Waals surface area contributed by atoms with E-state index in [-0.39, 0.29) is 11.8 Å². The van der Waals surface area contributed by atoms with Crippen LogP contribution in [0, 0.1) is 13.8 Å². The average molecular weight is 435 g/mol. The first-order chi connectivity index (χ1) is 15.5. The third-order valence-electron chi connectivity index (χ3n) is 6.87. The summed E-state index contributed by atoms with van der Waals surface area (Å²) in [6, 6.07) is 8.40. The van der Waals surface area contributed by atoms with Gasteiger partial charge in [0, 0.05) is 61.6 Å². The molecule has 2 aliphatic rings. The van der Waals surface area contributed by atoms with Crippen LogP contribution >= 0.6 is 0 Å². The summed E-state index contributed by atoms with van der Waals surface area (Å²) in [6.07, 6.45) is 12.1. The van der Waals surface area contributed by atoms with E-state index in [1.165, 1.54) is 43.5 Å². The highest BCUT2D eigenvalue weighted by Crippen LogP contribution is 2.32. The van der Waals surface area contributed by atoms with E-state index in [1.807, 2.05) is 34.1 Å². The zero-order chi connectivity index (χ0) is 22.5.